The SMILES string of the molecule is CC[C@H](C)n1cc(I)c2cnc(Cl)nc21. The lowest BCUT2D eigenvalue weighted by atomic mass is 10.2. The minimum Gasteiger partial charge on any atom is -0.329 e. The molecule has 0 aromatic carbocycles. The summed E-state index contributed by atoms with van der Waals surface area (Å²) in [5.74, 6) is 0. The molecule has 2 heterocycles. The third kappa shape index (κ3) is 1.97. The molecule has 0 fully saturated rings. The summed E-state index contributed by atoms with van der Waals surface area (Å²) in [6, 6.07) is 0.432. The van der Waals surface area contributed by atoms with Crippen molar-refractivity contribution in [3.8, 4) is 0 Å². The van der Waals surface area contributed by atoms with Gasteiger partial charge in [0.2, 0.25) is 5.28 Å². The lowest BCUT2D eigenvalue weighted by Crippen LogP contribution is -2.03. The first-order valence-corrected chi connectivity index (χ1v) is 6.27. The Labute approximate surface area is 107 Å². The van der Waals surface area contributed by atoms with E-state index in [0.717, 1.165) is 17.5 Å². The van der Waals surface area contributed by atoms with Crippen LogP contribution in [0.5, 0.6) is 0 Å². The van der Waals surface area contributed by atoms with Gasteiger partial charge in [0.15, 0.2) is 0 Å². The highest BCUT2D eigenvalue weighted by atomic mass is 127. The van der Waals surface area contributed by atoms with E-state index in [1.807, 2.05) is 0 Å². The highest BCUT2D eigenvalue weighted by molar-refractivity contribution is 14.1. The summed E-state index contributed by atoms with van der Waals surface area (Å²) in [4.78, 5) is 8.28. The Morgan fingerprint density at radius 1 is 1.60 bits per heavy atom. The maximum absolute atomic E-state index is 5.81. The molecule has 0 spiro atoms. The molecule has 0 N–H and O–H groups in total. The second-order valence-electron chi connectivity index (χ2n) is 3.52. The van der Waals surface area contributed by atoms with Crippen LogP contribution in [0.3, 0.4) is 0 Å². The number of rotatable bonds is 2. The van der Waals surface area contributed by atoms with Crippen LogP contribution in [0, 0.1) is 3.57 Å². The molecule has 15 heavy (non-hydrogen) atoms. The number of halogens is 2. The molecule has 0 bridgehead atoms. The zero-order valence-corrected chi connectivity index (χ0v) is 11.5. The van der Waals surface area contributed by atoms with Gasteiger partial charge in [0.25, 0.3) is 0 Å². The maximum Gasteiger partial charge on any atom is 0.224 e. The third-order valence-electron chi connectivity index (χ3n) is 2.56. The van der Waals surface area contributed by atoms with E-state index in [1.165, 1.54) is 3.57 Å². The van der Waals surface area contributed by atoms with Gasteiger partial charge in [0, 0.05) is 22.0 Å². The smallest absolute Gasteiger partial charge is 0.224 e. The Morgan fingerprint density at radius 3 is 3.00 bits per heavy atom. The molecule has 1 atom stereocenters. The van der Waals surface area contributed by atoms with E-state index in [1.54, 1.807) is 6.20 Å². The van der Waals surface area contributed by atoms with Crippen molar-refractivity contribution >= 4 is 45.2 Å². The van der Waals surface area contributed by atoms with Crippen molar-refractivity contribution in [1.29, 1.82) is 0 Å². The molecule has 2 aromatic heterocycles. The predicted molar refractivity (Wildman–Crippen MR) is 70.3 cm³/mol. The molecule has 5 heteroatoms. The number of hydrogen-bond acceptors (Lipinski definition) is 2. The third-order valence-corrected chi connectivity index (χ3v) is 3.60. The van der Waals surface area contributed by atoms with Gasteiger partial charge in [-0.15, -0.1) is 0 Å². The van der Waals surface area contributed by atoms with Crippen LogP contribution in [0.2, 0.25) is 5.28 Å². The molecule has 80 valence electrons. The zero-order valence-electron chi connectivity index (χ0n) is 8.54. The van der Waals surface area contributed by atoms with Crippen molar-refractivity contribution < 1.29 is 0 Å². The van der Waals surface area contributed by atoms with Gasteiger partial charge in [-0.1, -0.05) is 6.92 Å². The summed E-state index contributed by atoms with van der Waals surface area (Å²) >= 11 is 8.11. The number of nitrogens with zero attached hydrogens (tertiary/aromatic N) is 3. The van der Waals surface area contributed by atoms with Gasteiger partial charge in [-0.25, -0.2) is 4.98 Å². The van der Waals surface area contributed by atoms with Gasteiger partial charge in [-0.3, -0.25) is 0 Å². The zero-order chi connectivity index (χ0) is 11.0. The average Bonchev–Trinajstić information content (AvgIpc) is 2.54. The molecule has 0 aliphatic carbocycles. The van der Waals surface area contributed by atoms with Crippen LogP contribution >= 0.6 is 34.2 Å². The lowest BCUT2D eigenvalue weighted by molar-refractivity contribution is 0.544. The van der Waals surface area contributed by atoms with Crippen molar-refractivity contribution in [2.45, 2.75) is 26.3 Å². The monoisotopic (exact) mass is 335 g/mol. The van der Waals surface area contributed by atoms with Gasteiger partial charge in [-0.05, 0) is 47.5 Å². The maximum atomic E-state index is 5.81. The summed E-state index contributed by atoms with van der Waals surface area (Å²) in [5.41, 5.74) is 0.925. The van der Waals surface area contributed by atoms with Crippen LogP contribution in [0.1, 0.15) is 26.3 Å². The molecule has 0 saturated heterocycles. The van der Waals surface area contributed by atoms with E-state index in [9.17, 15) is 0 Å². The van der Waals surface area contributed by atoms with Gasteiger partial charge in [0.05, 0.1) is 5.39 Å². The van der Waals surface area contributed by atoms with E-state index >= 15 is 0 Å². The molecule has 3 nitrogen and oxygen atoms in total. The van der Waals surface area contributed by atoms with Crippen molar-refractivity contribution in [1.82, 2.24) is 14.5 Å². The Morgan fingerprint density at radius 2 is 2.33 bits per heavy atom. The second kappa shape index (κ2) is 4.25. The lowest BCUT2D eigenvalue weighted by Gasteiger charge is -2.11. The van der Waals surface area contributed by atoms with E-state index in [-0.39, 0.29) is 0 Å². The van der Waals surface area contributed by atoms with Crippen LogP contribution in [0.4, 0.5) is 0 Å². The van der Waals surface area contributed by atoms with Crippen LogP contribution < -0.4 is 0 Å². The fourth-order valence-electron chi connectivity index (χ4n) is 1.50. The van der Waals surface area contributed by atoms with Crippen molar-refractivity contribution in [3.05, 3.63) is 21.2 Å². The highest BCUT2D eigenvalue weighted by Gasteiger charge is 2.12. The fraction of sp³-hybridized carbons (Fsp3) is 0.400. The van der Waals surface area contributed by atoms with Gasteiger partial charge in [-0.2, -0.15) is 4.98 Å². The Kier molecular flexibility index (Phi) is 3.16. The van der Waals surface area contributed by atoms with E-state index < -0.39 is 0 Å². The molecule has 0 unspecified atom stereocenters. The standard InChI is InChI=1S/C10H11ClIN3/c1-3-6(2)15-5-8(12)7-4-13-10(11)14-9(7)15/h4-6H,3H2,1-2H3/t6-/m0/s1. The van der Waals surface area contributed by atoms with Crippen molar-refractivity contribution in [3.63, 3.8) is 0 Å². The topological polar surface area (TPSA) is 30.7 Å². The molecular weight excluding hydrogens is 324 g/mol. The Hall–Kier alpha value is -0.360. The highest BCUT2D eigenvalue weighted by Crippen LogP contribution is 2.25. The summed E-state index contributed by atoms with van der Waals surface area (Å²) < 4.78 is 3.32. The average molecular weight is 336 g/mol. The van der Waals surface area contributed by atoms with E-state index in [4.69, 9.17) is 11.6 Å². The van der Waals surface area contributed by atoms with Crippen LogP contribution in [0.15, 0.2) is 12.4 Å². The molecule has 0 saturated carbocycles. The van der Waals surface area contributed by atoms with Crippen LogP contribution in [-0.2, 0) is 0 Å². The summed E-state index contributed by atoms with van der Waals surface area (Å²) in [6.45, 7) is 4.33. The quantitative estimate of drug-likeness (QED) is 0.619. The van der Waals surface area contributed by atoms with Crippen LogP contribution in [-0.4, -0.2) is 14.5 Å². The minimum absolute atomic E-state index is 0.307. The first kappa shape index (κ1) is 11.1. The Balaban J connectivity index is 2.69. The number of aromatic nitrogens is 3. The normalized spacial score (nSPS) is 13.3. The molecule has 0 aliphatic heterocycles. The summed E-state index contributed by atoms with van der Waals surface area (Å²) in [6.07, 6.45) is 4.96. The van der Waals surface area contributed by atoms with Gasteiger partial charge < -0.3 is 4.57 Å². The van der Waals surface area contributed by atoms with Crippen molar-refractivity contribution in [2.75, 3.05) is 0 Å². The minimum atomic E-state index is 0.307. The summed E-state index contributed by atoms with van der Waals surface area (Å²) in [5, 5.41) is 1.38. The largest absolute Gasteiger partial charge is 0.329 e. The fourth-order valence-corrected chi connectivity index (χ4v) is 2.31. The first-order chi connectivity index (χ1) is 7.13. The molecule has 0 amide bonds. The van der Waals surface area contributed by atoms with Crippen molar-refractivity contribution in [2.24, 2.45) is 0 Å². The molecule has 0 radical (unpaired) electrons. The van der Waals surface area contributed by atoms with E-state index in [2.05, 4.69) is 57.2 Å². The molecule has 2 aromatic rings. The molecular formula is C10H11ClIN3. The van der Waals surface area contributed by atoms with Gasteiger partial charge >= 0.3 is 0 Å². The molecule has 0 aliphatic rings. The molecule has 2 rings (SSSR count). The predicted octanol–water partition coefficient (Wildman–Crippen LogP) is 3.66. The second-order valence-corrected chi connectivity index (χ2v) is 5.02. The number of fused-ring (bicyclic) bond motifs is 1. The summed E-state index contributed by atoms with van der Waals surface area (Å²) in [7, 11) is 0. The Bertz CT molecular complexity index is 495. The number of hydrogen-bond donors (Lipinski definition) is 0. The first-order valence-electron chi connectivity index (χ1n) is 4.82. The van der Waals surface area contributed by atoms with Crippen LogP contribution in [0.25, 0.3) is 11.0 Å². The van der Waals surface area contributed by atoms with E-state index in [0.29, 0.717) is 11.3 Å². The van der Waals surface area contributed by atoms with Gasteiger partial charge in [0.1, 0.15) is 5.65 Å².